The summed E-state index contributed by atoms with van der Waals surface area (Å²) < 4.78 is 42.7. The van der Waals surface area contributed by atoms with Gasteiger partial charge in [-0.15, -0.1) is 13.2 Å². The molecule has 6 nitrogen and oxygen atoms in total. The monoisotopic (exact) mass is 390 g/mol. The van der Waals surface area contributed by atoms with Crippen molar-refractivity contribution in [1.29, 1.82) is 0 Å². The van der Waals surface area contributed by atoms with Crippen LogP contribution in [0.15, 0.2) is 42.7 Å². The second kappa shape index (κ2) is 7.14. The third kappa shape index (κ3) is 4.59. The molecule has 1 aliphatic rings. The third-order valence-corrected chi connectivity index (χ3v) is 4.39. The van der Waals surface area contributed by atoms with Gasteiger partial charge in [0, 0.05) is 18.8 Å². The number of hydrogen-bond donors (Lipinski definition) is 1. The van der Waals surface area contributed by atoms with Gasteiger partial charge in [-0.25, -0.2) is 4.98 Å². The fourth-order valence-corrected chi connectivity index (χ4v) is 2.97. The Hall–Kier alpha value is -3.10. The number of alkyl halides is 3. The van der Waals surface area contributed by atoms with Crippen LogP contribution in [0.4, 0.5) is 19.0 Å². The highest BCUT2D eigenvalue weighted by atomic mass is 19.4. The molecular formula is C19H17F3N4O2. The summed E-state index contributed by atoms with van der Waals surface area (Å²) in [5, 5.41) is 7.91. The number of nitrogens with zero attached hydrogens (tertiary/aromatic N) is 3. The highest BCUT2D eigenvalue weighted by Crippen LogP contribution is 2.33. The van der Waals surface area contributed by atoms with Crippen LogP contribution in [0.5, 0.6) is 5.75 Å². The molecule has 1 aliphatic carbocycles. The zero-order valence-electron chi connectivity index (χ0n) is 14.7. The predicted molar refractivity (Wildman–Crippen MR) is 95.7 cm³/mol. The molecule has 1 N–H and O–H groups in total. The molecule has 2 aromatic heterocycles. The van der Waals surface area contributed by atoms with Crippen LogP contribution >= 0.6 is 0 Å². The Bertz CT molecular complexity index is 1010. The van der Waals surface area contributed by atoms with Gasteiger partial charge in [-0.2, -0.15) is 5.10 Å². The predicted octanol–water partition coefficient (Wildman–Crippen LogP) is 4.12. The number of fused-ring (bicyclic) bond motifs is 1. The first-order valence-corrected chi connectivity index (χ1v) is 8.82. The van der Waals surface area contributed by atoms with Crippen LogP contribution in [0.3, 0.4) is 0 Å². The highest BCUT2D eigenvalue weighted by Gasteiger charge is 2.31. The van der Waals surface area contributed by atoms with E-state index < -0.39 is 6.36 Å². The number of carbonyl (C=O) groups excluding carboxylic acids is 1. The van der Waals surface area contributed by atoms with Crippen molar-refractivity contribution in [3.8, 4) is 5.75 Å². The zero-order chi connectivity index (χ0) is 19.7. The fourth-order valence-electron chi connectivity index (χ4n) is 2.97. The number of anilines is 1. The maximum absolute atomic E-state index is 12.4. The number of benzene rings is 1. The summed E-state index contributed by atoms with van der Waals surface area (Å²) in [4.78, 5) is 16.3. The number of carbonyl (C=O) groups is 1. The van der Waals surface area contributed by atoms with Gasteiger partial charge in [0.1, 0.15) is 11.6 Å². The van der Waals surface area contributed by atoms with E-state index in [1.165, 1.54) is 18.2 Å². The lowest BCUT2D eigenvalue weighted by atomic mass is 10.2. The van der Waals surface area contributed by atoms with Crippen LogP contribution in [-0.2, 0) is 11.3 Å². The van der Waals surface area contributed by atoms with Gasteiger partial charge in [-0.3, -0.25) is 9.48 Å². The van der Waals surface area contributed by atoms with E-state index >= 15 is 0 Å². The summed E-state index contributed by atoms with van der Waals surface area (Å²) in [6.45, 7) is 0.249. The Morgan fingerprint density at radius 1 is 1.29 bits per heavy atom. The molecule has 0 atom stereocenters. The van der Waals surface area contributed by atoms with Gasteiger partial charge in [-0.05, 0) is 42.5 Å². The van der Waals surface area contributed by atoms with E-state index in [2.05, 4.69) is 20.1 Å². The number of ether oxygens (including phenoxy) is 1. The average molecular weight is 390 g/mol. The van der Waals surface area contributed by atoms with Crippen molar-refractivity contribution in [2.75, 3.05) is 5.32 Å². The average Bonchev–Trinajstić information content (AvgIpc) is 3.30. The molecule has 2 heterocycles. The number of nitrogens with one attached hydrogen (secondary N) is 1. The normalized spacial score (nSPS) is 14.2. The molecule has 9 heteroatoms. The van der Waals surface area contributed by atoms with Gasteiger partial charge in [0.05, 0.1) is 17.4 Å². The molecule has 0 unspecified atom stereocenters. The van der Waals surface area contributed by atoms with Gasteiger partial charge in [-0.1, -0.05) is 12.1 Å². The smallest absolute Gasteiger partial charge is 0.406 e. The Kier molecular flexibility index (Phi) is 4.66. The Balaban J connectivity index is 1.52. The molecule has 4 rings (SSSR count). The van der Waals surface area contributed by atoms with Crippen molar-refractivity contribution in [2.45, 2.75) is 32.2 Å². The molecule has 146 valence electrons. The van der Waals surface area contributed by atoms with Crippen LogP contribution in [0.25, 0.3) is 10.9 Å². The van der Waals surface area contributed by atoms with Crippen molar-refractivity contribution in [2.24, 2.45) is 5.92 Å². The summed E-state index contributed by atoms with van der Waals surface area (Å²) in [6.07, 6.45) is 1.19. The van der Waals surface area contributed by atoms with Gasteiger partial charge < -0.3 is 10.1 Å². The minimum Gasteiger partial charge on any atom is -0.406 e. The van der Waals surface area contributed by atoms with Gasteiger partial charge >= 0.3 is 6.36 Å². The zero-order valence-corrected chi connectivity index (χ0v) is 14.7. The molecule has 28 heavy (non-hydrogen) atoms. The van der Waals surface area contributed by atoms with Crippen molar-refractivity contribution < 1.29 is 22.7 Å². The van der Waals surface area contributed by atoms with E-state index in [0.717, 1.165) is 12.8 Å². The lowest BCUT2D eigenvalue weighted by molar-refractivity contribution is -0.274. The summed E-state index contributed by atoms with van der Waals surface area (Å²) in [6, 6.07) is 7.45. The Morgan fingerprint density at radius 2 is 2.11 bits per heavy atom. The first-order valence-electron chi connectivity index (χ1n) is 8.82. The van der Waals surface area contributed by atoms with E-state index in [0.29, 0.717) is 34.6 Å². The van der Waals surface area contributed by atoms with E-state index in [9.17, 15) is 18.0 Å². The van der Waals surface area contributed by atoms with Crippen molar-refractivity contribution in [3.63, 3.8) is 0 Å². The van der Waals surface area contributed by atoms with Crippen molar-refractivity contribution in [3.05, 3.63) is 48.3 Å². The number of rotatable bonds is 6. The van der Waals surface area contributed by atoms with E-state index in [1.807, 2.05) is 0 Å². The van der Waals surface area contributed by atoms with Crippen LogP contribution in [0.2, 0.25) is 0 Å². The molecule has 1 aromatic carbocycles. The third-order valence-electron chi connectivity index (χ3n) is 4.39. The van der Waals surface area contributed by atoms with Crippen LogP contribution in [0.1, 0.15) is 24.8 Å². The van der Waals surface area contributed by atoms with Crippen LogP contribution < -0.4 is 10.1 Å². The number of halogens is 3. The SMILES string of the molecule is O=C(CC1CC1)Nc1nccc2nn(Cc3cccc(OC(F)(F)F)c3)cc12. The molecule has 0 radical (unpaired) electrons. The van der Waals surface area contributed by atoms with Crippen LogP contribution in [0, 0.1) is 5.92 Å². The Morgan fingerprint density at radius 3 is 2.86 bits per heavy atom. The van der Waals surface area contributed by atoms with Crippen molar-refractivity contribution in [1.82, 2.24) is 14.8 Å². The lowest BCUT2D eigenvalue weighted by Crippen LogP contribution is -2.17. The lowest BCUT2D eigenvalue weighted by Gasteiger charge is -2.10. The topological polar surface area (TPSA) is 69.0 Å². The maximum atomic E-state index is 12.4. The standard InChI is InChI=1S/C19H17F3N4O2/c20-19(21,22)28-14-3-1-2-13(8-14)10-26-11-15-16(25-26)6-7-23-18(15)24-17(27)9-12-4-5-12/h1-3,6-8,11-12H,4-5,9-10H2,(H,23,24,27). The van der Waals surface area contributed by atoms with Gasteiger partial charge in [0.2, 0.25) is 5.91 Å². The van der Waals surface area contributed by atoms with Crippen molar-refractivity contribution >= 4 is 22.6 Å². The molecule has 1 amide bonds. The molecule has 0 spiro atoms. The molecule has 1 fully saturated rings. The summed E-state index contributed by atoms with van der Waals surface area (Å²) in [5.74, 6) is 0.542. The summed E-state index contributed by atoms with van der Waals surface area (Å²) in [7, 11) is 0. The minimum absolute atomic E-state index is 0.0766. The van der Waals surface area contributed by atoms with E-state index in [4.69, 9.17) is 0 Å². The highest BCUT2D eigenvalue weighted by molar-refractivity contribution is 5.99. The van der Waals surface area contributed by atoms with E-state index in [-0.39, 0.29) is 18.2 Å². The quantitative estimate of drug-likeness (QED) is 0.688. The van der Waals surface area contributed by atoms with E-state index in [1.54, 1.807) is 29.2 Å². The number of aromatic nitrogens is 3. The number of hydrogen-bond acceptors (Lipinski definition) is 4. The number of amides is 1. The minimum atomic E-state index is -4.74. The number of pyridine rings is 1. The molecule has 0 aliphatic heterocycles. The maximum Gasteiger partial charge on any atom is 0.573 e. The molecule has 3 aromatic rings. The first kappa shape index (κ1) is 18.3. The second-order valence-electron chi connectivity index (χ2n) is 6.81. The molecule has 1 saturated carbocycles. The van der Waals surface area contributed by atoms with Crippen LogP contribution in [-0.4, -0.2) is 27.0 Å². The summed E-state index contributed by atoms with van der Waals surface area (Å²) >= 11 is 0. The van der Waals surface area contributed by atoms with Gasteiger partial charge in [0.15, 0.2) is 0 Å². The molecule has 0 saturated heterocycles. The second-order valence-corrected chi connectivity index (χ2v) is 6.81. The largest absolute Gasteiger partial charge is 0.573 e. The summed E-state index contributed by atoms with van der Waals surface area (Å²) in [5.41, 5.74) is 1.24. The first-order chi connectivity index (χ1) is 13.4. The Labute approximate surface area is 158 Å². The van der Waals surface area contributed by atoms with Gasteiger partial charge in [0.25, 0.3) is 0 Å². The molecule has 0 bridgehead atoms. The fraction of sp³-hybridized carbons (Fsp3) is 0.316. The molecular weight excluding hydrogens is 373 g/mol.